The van der Waals surface area contributed by atoms with E-state index in [9.17, 15) is 4.79 Å². The predicted octanol–water partition coefficient (Wildman–Crippen LogP) is 0.850. The first-order chi connectivity index (χ1) is 11.1. The average Bonchev–Trinajstić information content (AvgIpc) is 2.84. The number of carbonyl (C=O) groups is 1. The lowest BCUT2D eigenvalue weighted by Crippen LogP contribution is -2.36. The van der Waals surface area contributed by atoms with Gasteiger partial charge in [-0.1, -0.05) is 0 Å². The van der Waals surface area contributed by atoms with E-state index in [1.54, 1.807) is 36.5 Å². The zero-order valence-corrected chi connectivity index (χ0v) is 13.5. The van der Waals surface area contributed by atoms with E-state index >= 15 is 0 Å². The highest BCUT2D eigenvalue weighted by Crippen LogP contribution is 2.14. The van der Waals surface area contributed by atoms with Crippen molar-refractivity contribution < 1.29 is 9.53 Å². The molecule has 7 nitrogen and oxygen atoms in total. The molecule has 0 N–H and O–H groups in total. The number of ether oxygens (including phenoxy) is 1. The molecule has 0 radical (unpaired) electrons. The molecule has 2 aromatic heterocycles. The fraction of sp³-hybridized carbons (Fsp3) is 0.500. The summed E-state index contributed by atoms with van der Waals surface area (Å²) in [6, 6.07) is 0. The van der Waals surface area contributed by atoms with E-state index in [4.69, 9.17) is 4.74 Å². The number of amides is 1. The van der Waals surface area contributed by atoms with Gasteiger partial charge in [0.15, 0.2) is 0 Å². The van der Waals surface area contributed by atoms with Gasteiger partial charge in [-0.15, -0.1) is 0 Å². The third-order valence-corrected chi connectivity index (χ3v) is 3.91. The largest absolute Gasteiger partial charge is 0.379 e. The van der Waals surface area contributed by atoms with Gasteiger partial charge in [-0.05, 0) is 13.3 Å². The summed E-state index contributed by atoms with van der Waals surface area (Å²) in [5, 5.41) is 4.07. The van der Waals surface area contributed by atoms with E-state index in [0.29, 0.717) is 31.9 Å². The number of aromatic nitrogens is 4. The molecule has 0 aliphatic carbocycles. The van der Waals surface area contributed by atoms with Crippen LogP contribution in [0.4, 0.5) is 0 Å². The molecule has 1 amide bonds. The topological polar surface area (TPSA) is 73.1 Å². The lowest BCUT2D eigenvalue weighted by Gasteiger charge is -2.23. The summed E-state index contributed by atoms with van der Waals surface area (Å²) in [5.74, 6) is 0.221. The standard InChI is InChI=1S/C16H21N5O2/c1-12-6-18-15(8-17-12)5-13-9-21(3-4-23-11-13)16(22)14-7-19-20(2)10-14/h6-8,10,13H,3-5,9,11H2,1-2H3. The summed E-state index contributed by atoms with van der Waals surface area (Å²) < 4.78 is 7.30. The lowest BCUT2D eigenvalue weighted by atomic mass is 10.0. The number of rotatable bonds is 3. The Kier molecular flexibility index (Phi) is 4.66. The van der Waals surface area contributed by atoms with Crippen LogP contribution in [0.1, 0.15) is 21.7 Å². The van der Waals surface area contributed by atoms with Crippen molar-refractivity contribution in [3.8, 4) is 0 Å². The van der Waals surface area contributed by atoms with Crippen molar-refractivity contribution in [2.75, 3.05) is 26.3 Å². The highest BCUT2D eigenvalue weighted by molar-refractivity contribution is 5.93. The van der Waals surface area contributed by atoms with Gasteiger partial charge in [0, 0.05) is 44.6 Å². The van der Waals surface area contributed by atoms with Gasteiger partial charge < -0.3 is 9.64 Å². The SMILES string of the molecule is Cc1cnc(CC2COCCN(C(=O)c3cnn(C)c3)C2)cn1. The Morgan fingerprint density at radius 2 is 2.22 bits per heavy atom. The normalized spacial score (nSPS) is 18.7. The first-order valence-electron chi connectivity index (χ1n) is 7.75. The van der Waals surface area contributed by atoms with Crippen molar-refractivity contribution in [2.45, 2.75) is 13.3 Å². The van der Waals surface area contributed by atoms with Crippen LogP contribution in [0.25, 0.3) is 0 Å². The smallest absolute Gasteiger partial charge is 0.257 e. The molecule has 2 aromatic rings. The van der Waals surface area contributed by atoms with Crippen molar-refractivity contribution in [2.24, 2.45) is 13.0 Å². The number of carbonyl (C=O) groups excluding carboxylic acids is 1. The first-order valence-corrected chi connectivity index (χ1v) is 7.75. The van der Waals surface area contributed by atoms with Crippen molar-refractivity contribution in [3.63, 3.8) is 0 Å². The number of hydrogen-bond acceptors (Lipinski definition) is 5. The molecule has 1 aliphatic heterocycles. The van der Waals surface area contributed by atoms with E-state index in [2.05, 4.69) is 15.1 Å². The second-order valence-electron chi connectivity index (χ2n) is 5.95. The molecule has 0 spiro atoms. The van der Waals surface area contributed by atoms with Gasteiger partial charge in [-0.3, -0.25) is 19.4 Å². The predicted molar refractivity (Wildman–Crippen MR) is 83.9 cm³/mol. The van der Waals surface area contributed by atoms with Crippen LogP contribution in [0.2, 0.25) is 0 Å². The maximum atomic E-state index is 12.6. The molecule has 7 heteroatoms. The van der Waals surface area contributed by atoms with Crippen LogP contribution in [-0.4, -0.2) is 56.9 Å². The van der Waals surface area contributed by atoms with Crippen LogP contribution < -0.4 is 0 Å². The van der Waals surface area contributed by atoms with E-state index in [1.807, 2.05) is 11.8 Å². The van der Waals surface area contributed by atoms with Gasteiger partial charge in [0.2, 0.25) is 0 Å². The average molecular weight is 315 g/mol. The second kappa shape index (κ2) is 6.87. The molecule has 1 aliphatic rings. The Balaban J connectivity index is 1.68. The summed E-state index contributed by atoms with van der Waals surface area (Å²) in [6.45, 7) is 4.36. The minimum atomic E-state index is 0.00332. The van der Waals surface area contributed by atoms with Crippen LogP contribution in [0.5, 0.6) is 0 Å². The molecule has 3 heterocycles. The molecular weight excluding hydrogens is 294 g/mol. The zero-order chi connectivity index (χ0) is 16.2. The first kappa shape index (κ1) is 15.6. The Morgan fingerprint density at radius 3 is 2.91 bits per heavy atom. The minimum Gasteiger partial charge on any atom is -0.379 e. The molecule has 1 fully saturated rings. The van der Waals surface area contributed by atoms with Crippen molar-refractivity contribution in [1.82, 2.24) is 24.6 Å². The second-order valence-corrected chi connectivity index (χ2v) is 5.95. The summed E-state index contributed by atoms with van der Waals surface area (Å²) >= 11 is 0. The highest BCUT2D eigenvalue weighted by atomic mass is 16.5. The third-order valence-electron chi connectivity index (χ3n) is 3.91. The fourth-order valence-corrected chi connectivity index (χ4v) is 2.72. The lowest BCUT2D eigenvalue weighted by molar-refractivity contribution is 0.0737. The number of hydrogen-bond donors (Lipinski definition) is 0. The maximum Gasteiger partial charge on any atom is 0.257 e. The van der Waals surface area contributed by atoms with Crippen LogP contribution in [0.15, 0.2) is 24.8 Å². The van der Waals surface area contributed by atoms with Crippen LogP contribution in [-0.2, 0) is 18.2 Å². The van der Waals surface area contributed by atoms with Crippen LogP contribution in [0, 0.1) is 12.8 Å². The maximum absolute atomic E-state index is 12.6. The number of aryl methyl sites for hydroxylation is 2. The van der Waals surface area contributed by atoms with E-state index in [1.165, 1.54) is 0 Å². The fourth-order valence-electron chi connectivity index (χ4n) is 2.72. The Bertz CT molecular complexity index is 667. The van der Waals surface area contributed by atoms with Gasteiger partial charge in [0.05, 0.1) is 36.4 Å². The van der Waals surface area contributed by atoms with Gasteiger partial charge in [0.25, 0.3) is 5.91 Å². The van der Waals surface area contributed by atoms with E-state index in [0.717, 1.165) is 17.8 Å². The third kappa shape index (κ3) is 3.92. The Hall–Kier alpha value is -2.28. The summed E-state index contributed by atoms with van der Waals surface area (Å²) in [5.41, 5.74) is 2.45. The van der Waals surface area contributed by atoms with Gasteiger partial charge in [0.1, 0.15) is 0 Å². The molecule has 0 saturated carbocycles. The summed E-state index contributed by atoms with van der Waals surface area (Å²) in [6.07, 6.45) is 7.67. The Labute approximate surface area is 135 Å². The monoisotopic (exact) mass is 315 g/mol. The minimum absolute atomic E-state index is 0.00332. The number of nitrogens with zero attached hydrogens (tertiary/aromatic N) is 5. The summed E-state index contributed by atoms with van der Waals surface area (Å²) in [4.78, 5) is 23.1. The molecule has 1 atom stereocenters. The zero-order valence-electron chi connectivity index (χ0n) is 13.5. The van der Waals surface area contributed by atoms with Gasteiger partial charge in [-0.2, -0.15) is 5.10 Å². The molecule has 1 unspecified atom stereocenters. The van der Waals surface area contributed by atoms with Crippen LogP contribution in [0.3, 0.4) is 0 Å². The van der Waals surface area contributed by atoms with E-state index < -0.39 is 0 Å². The quantitative estimate of drug-likeness (QED) is 0.839. The summed E-state index contributed by atoms with van der Waals surface area (Å²) in [7, 11) is 1.81. The Morgan fingerprint density at radius 1 is 1.35 bits per heavy atom. The molecular formula is C16H21N5O2. The molecule has 0 bridgehead atoms. The highest BCUT2D eigenvalue weighted by Gasteiger charge is 2.24. The van der Waals surface area contributed by atoms with Crippen molar-refractivity contribution in [3.05, 3.63) is 41.7 Å². The molecule has 122 valence electrons. The van der Waals surface area contributed by atoms with Gasteiger partial charge in [-0.25, -0.2) is 0 Å². The molecule has 1 saturated heterocycles. The van der Waals surface area contributed by atoms with Crippen molar-refractivity contribution >= 4 is 5.91 Å². The molecule has 0 aromatic carbocycles. The van der Waals surface area contributed by atoms with Crippen LogP contribution >= 0.6 is 0 Å². The molecule has 23 heavy (non-hydrogen) atoms. The van der Waals surface area contributed by atoms with Gasteiger partial charge >= 0.3 is 0 Å². The van der Waals surface area contributed by atoms with Crippen molar-refractivity contribution in [1.29, 1.82) is 0 Å². The molecule has 3 rings (SSSR count). The van der Waals surface area contributed by atoms with E-state index in [-0.39, 0.29) is 11.8 Å².